The van der Waals surface area contributed by atoms with Crippen LogP contribution in [0.3, 0.4) is 0 Å². The van der Waals surface area contributed by atoms with Crippen LogP contribution in [-0.2, 0) is 10.9 Å². The summed E-state index contributed by atoms with van der Waals surface area (Å²) in [5.41, 5.74) is 0.755. The molecule has 0 saturated carbocycles. The molecular weight excluding hydrogens is 399 g/mol. The lowest BCUT2D eigenvalue weighted by Crippen LogP contribution is -2.36. The molecule has 1 fully saturated rings. The lowest BCUT2D eigenvalue weighted by atomic mass is 10.1. The van der Waals surface area contributed by atoms with E-state index in [9.17, 15) is 18.0 Å². The highest BCUT2D eigenvalue weighted by molar-refractivity contribution is 6.06. The van der Waals surface area contributed by atoms with Gasteiger partial charge in [-0.2, -0.15) is 13.2 Å². The number of ether oxygens (including phenoxy) is 1. The molecule has 0 radical (unpaired) electrons. The number of anilines is 2. The number of carbonyl (C=O) groups excluding carboxylic acids is 1. The number of amides is 1. The number of morpholine rings is 1. The molecule has 2 heterocycles. The molecule has 0 unspecified atom stereocenters. The fourth-order valence-corrected chi connectivity index (χ4v) is 3.23. The average Bonchev–Trinajstić information content (AvgIpc) is 3.29. The SMILES string of the molecule is O=C(Nc1cc(C(F)(F)F)ccc1N1CCOCC1)c1cccc(-n2cnnc2)c1. The second-order valence-electron chi connectivity index (χ2n) is 6.70. The highest BCUT2D eigenvalue weighted by Crippen LogP contribution is 2.36. The first-order valence-corrected chi connectivity index (χ1v) is 9.22. The van der Waals surface area contributed by atoms with Gasteiger partial charge in [0.15, 0.2) is 0 Å². The fourth-order valence-electron chi connectivity index (χ4n) is 3.23. The van der Waals surface area contributed by atoms with Gasteiger partial charge in [0.2, 0.25) is 0 Å². The summed E-state index contributed by atoms with van der Waals surface area (Å²) in [6.07, 6.45) is -1.54. The second-order valence-corrected chi connectivity index (χ2v) is 6.70. The van der Waals surface area contributed by atoms with Crippen LogP contribution in [0.25, 0.3) is 5.69 Å². The van der Waals surface area contributed by atoms with E-state index in [1.54, 1.807) is 28.8 Å². The average molecular weight is 417 g/mol. The normalized spacial score (nSPS) is 14.6. The van der Waals surface area contributed by atoms with Gasteiger partial charge in [0.1, 0.15) is 12.7 Å². The van der Waals surface area contributed by atoms with Gasteiger partial charge in [0.25, 0.3) is 5.91 Å². The van der Waals surface area contributed by atoms with Crippen molar-refractivity contribution in [3.8, 4) is 5.69 Å². The predicted molar refractivity (Wildman–Crippen MR) is 104 cm³/mol. The van der Waals surface area contributed by atoms with Gasteiger partial charge in [-0.15, -0.1) is 10.2 Å². The minimum absolute atomic E-state index is 0.103. The summed E-state index contributed by atoms with van der Waals surface area (Å²) in [6.45, 7) is 1.99. The summed E-state index contributed by atoms with van der Waals surface area (Å²) in [5, 5.41) is 10.1. The Kier molecular flexibility index (Phi) is 5.40. The lowest BCUT2D eigenvalue weighted by molar-refractivity contribution is -0.137. The number of hydrogen-bond acceptors (Lipinski definition) is 5. The number of rotatable bonds is 4. The van der Waals surface area contributed by atoms with Gasteiger partial charge in [-0.05, 0) is 36.4 Å². The van der Waals surface area contributed by atoms with Crippen molar-refractivity contribution < 1.29 is 22.7 Å². The molecule has 1 saturated heterocycles. The van der Waals surface area contributed by atoms with Gasteiger partial charge in [-0.3, -0.25) is 9.36 Å². The van der Waals surface area contributed by atoms with E-state index in [1.165, 1.54) is 18.7 Å². The Morgan fingerprint density at radius 2 is 1.77 bits per heavy atom. The van der Waals surface area contributed by atoms with Crippen LogP contribution in [-0.4, -0.2) is 47.0 Å². The van der Waals surface area contributed by atoms with E-state index >= 15 is 0 Å². The van der Waals surface area contributed by atoms with Crippen molar-refractivity contribution >= 4 is 17.3 Å². The summed E-state index contributed by atoms with van der Waals surface area (Å²) in [7, 11) is 0. The molecule has 0 spiro atoms. The summed E-state index contributed by atoms with van der Waals surface area (Å²) < 4.78 is 46.7. The third-order valence-electron chi connectivity index (χ3n) is 4.75. The summed E-state index contributed by atoms with van der Waals surface area (Å²) in [6, 6.07) is 10.0. The van der Waals surface area contributed by atoms with Crippen LogP contribution in [0.2, 0.25) is 0 Å². The van der Waals surface area contributed by atoms with E-state index in [0.717, 1.165) is 12.1 Å². The molecule has 0 bridgehead atoms. The van der Waals surface area contributed by atoms with E-state index < -0.39 is 17.6 Å². The summed E-state index contributed by atoms with van der Waals surface area (Å²) >= 11 is 0. The number of nitrogens with zero attached hydrogens (tertiary/aromatic N) is 4. The maximum absolute atomic E-state index is 13.3. The quantitative estimate of drug-likeness (QED) is 0.705. The van der Waals surface area contributed by atoms with Gasteiger partial charge < -0.3 is 15.0 Å². The Morgan fingerprint density at radius 1 is 1.03 bits per heavy atom. The van der Waals surface area contributed by atoms with Crippen LogP contribution >= 0.6 is 0 Å². The Labute approximate surface area is 170 Å². The van der Waals surface area contributed by atoms with Crippen molar-refractivity contribution in [3.63, 3.8) is 0 Å². The Balaban J connectivity index is 1.65. The maximum Gasteiger partial charge on any atom is 0.416 e. The molecule has 1 aliphatic rings. The topological polar surface area (TPSA) is 72.3 Å². The largest absolute Gasteiger partial charge is 0.416 e. The van der Waals surface area contributed by atoms with Crippen molar-refractivity contribution in [3.05, 3.63) is 66.2 Å². The summed E-state index contributed by atoms with van der Waals surface area (Å²) in [5.74, 6) is -0.515. The molecule has 1 aromatic heterocycles. The first-order valence-electron chi connectivity index (χ1n) is 9.22. The van der Waals surface area contributed by atoms with Crippen LogP contribution in [0.5, 0.6) is 0 Å². The molecular formula is C20H18F3N5O2. The monoisotopic (exact) mass is 417 g/mol. The number of hydrogen-bond donors (Lipinski definition) is 1. The highest BCUT2D eigenvalue weighted by atomic mass is 19.4. The van der Waals surface area contributed by atoms with Gasteiger partial charge in [0.05, 0.1) is 30.2 Å². The molecule has 2 aromatic carbocycles. The molecule has 156 valence electrons. The van der Waals surface area contributed by atoms with Crippen LogP contribution in [0.1, 0.15) is 15.9 Å². The van der Waals surface area contributed by atoms with Crippen molar-refractivity contribution in [2.45, 2.75) is 6.18 Å². The van der Waals surface area contributed by atoms with Crippen molar-refractivity contribution in [1.29, 1.82) is 0 Å². The van der Waals surface area contributed by atoms with E-state index in [4.69, 9.17) is 4.74 Å². The molecule has 4 rings (SSSR count). The van der Waals surface area contributed by atoms with Gasteiger partial charge in [-0.25, -0.2) is 0 Å². The molecule has 10 heteroatoms. The molecule has 0 atom stereocenters. The van der Waals surface area contributed by atoms with E-state index in [-0.39, 0.29) is 5.69 Å². The zero-order chi connectivity index (χ0) is 21.1. The molecule has 0 aliphatic carbocycles. The van der Waals surface area contributed by atoms with Crippen molar-refractivity contribution in [2.75, 3.05) is 36.5 Å². The molecule has 1 amide bonds. The molecule has 7 nitrogen and oxygen atoms in total. The predicted octanol–water partition coefficient (Wildman–Crippen LogP) is 3.38. The highest BCUT2D eigenvalue weighted by Gasteiger charge is 2.32. The van der Waals surface area contributed by atoms with Crippen molar-refractivity contribution in [1.82, 2.24) is 14.8 Å². The van der Waals surface area contributed by atoms with E-state index in [1.807, 2.05) is 4.90 Å². The number of nitrogens with one attached hydrogen (secondary N) is 1. The molecule has 1 aliphatic heterocycles. The number of alkyl halides is 3. The Morgan fingerprint density at radius 3 is 2.47 bits per heavy atom. The standard InChI is InChI=1S/C20H18F3N5O2/c21-20(22,23)15-4-5-18(27-6-8-30-9-7-27)17(11-15)26-19(29)14-2-1-3-16(10-14)28-12-24-25-13-28/h1-5,10-13H,6-9H2,(H,26,29). The zero-order valence-corrected chi connectivity index (χ0v) is 15.8. The number of halogens is 3. The minimum atomic E-state index is -4.52. The van der Waals surface area contributed by atoms with Gasteiger partial charge >= 0.3 is 6.18 Å². The van der Waals surface area contributed by atoms with E-state index in [0.29, 0.717) is 43.2 Å². The smallest absolute Gasteiger partial charge is 0.378 e. The fraction of sp³-hybridized carbons (Fsp3) is 0.250. The lowest BCUT2D eigenvalue weighted by Gasteiger charge is -2.31. The van der Waals surface area contributed by atoms with Gasteiger partial charge in [-0.1, -0.05) is 6.07 Å². The Bertz CT molecular complexity index is 1030. The maximum atomic E-state index is 13.3. The zero-order valence-electron chi connectivity index (χ0n) is 15.8. The third kappa shape index (κ3) is 4.28. The second kappa shape index (κ2) is 8.15. The number of benzene rings is 2. The van der Waals surface area contributed by atoms with Crippen LogP contribution in [0, 0.1) is 0 Å². The molecule has 3 aromatic rings. The molecule has 1 N–H and O–H groups in total. The van der Waals surface area contributed by atoms with Crippen LogP contribution in [0.15, 0.2) is 55.1 Å². The minimum Gasteiger partial charge on any atom is -0.378 e. The molecule has 30 heavy (non-hydrogen) atoms. The number of carbonyl (C=O) groups is 1. The first kappa shape index (κ1) is 19.9. The Hall–Kier alpha value is -3.40. The van der Waals surface area contributed by atoms with Crippen LogP contribution < -0.4 is 10.2 Å². The number of aromatic nitrogens is 3. The van der Waals surface area contributed by atoms with Crippen LogP contribution in [0.4, 0.5) is 24.5 Å². The van der Waals surface area contributed by atoms with Crippen molar-refractivity contribution in [2.24, 2.45) is 0 Å². The van der Waals surface area contributed by atoms with Gasteiger partial charge in [0, 0.05) is 24.3 Å². The summed E-state index contributed by atoms with van der Waals surface area (Å²) in [4.78, 5) is 14.8. The first-order chi connectivity index (χ1) is 14.4. The van der Waals surface area contributed by atoms with E-state index in [2.05, 4.69) is 15.5 Å². The third-order valence-corrected chi connectivity index (χ3v) is 4.75.